The number of aromatic amines is 1. The molecule has 0 aliphatic carbocycles. The van der Waals surface area contributed by atoms with Crippen molar-refractivity contribution in [1.82, 2.24) is 15.6 Å². The first-order valence-electron chi connectivity index (χ1n) is 6.52. The lowest BCUT2D eigenvalue weighted by Gasteiger charge is -2.20. The van der Waals surface area contributed by atoms with E-state index in [1.165, 1.54) is 10.9 Å². The molecule has 1 heterocycles. The van der Waals surface area contributed by atoms with Crippen LogP contribution in [0, 0.1) is 0 Å². The fourth-order valence-electron chi connectivity index (χ4n) is 2.08. The molecule has 2 aromatic rings. The summed E-state index contributed by atoms with van der Waals surface area (Å²) in [4.78, 5) is 14.9. The summed E-state index contributed by atoms with van der Waals surface area (Å²) < 4.78 is 0. The monoisotopic (exact) mass is 259 g/mol. The average Bonchev–Trinajstić information content (AvgIpc) is 2.75. The maximum absolute atomic E-state index is 11.7. The molecule has 0 saturated carbocycles. The van der Waals surface area contributed by atoms with Crippen molar-refractivity contribution in [2.45, 2.75) is 32.9 Å². The molecule has 1 aromatic carbocycles. The Morgan fingerprint density at radius 1 is 1.26 bits per heavy atom. The van der Waals surface area contributed by atoms with E-state index in [9.17, 15) is 4.79 Å². The Labute approximate surface area is 113 Å². The van der Waals surface area contributed by atoms with Crippen LogP contribution in [0.4, 0.5) is 0 Å². The predicted octanol–water partition coefficient (Wildman–Crippen LogP) is 2.17. The molecule has 2 rings (SSSR count). The van der Waals surface area contributed by atoms with Crippen molar-refractivity contribution >= 4 is 16.8 Å². The highest BCUT2D eigenvalue weighted by atomic mass is 16.2. The first-order chi connectivity index (χ1) is 8.96. The number of hydrogen-bond donors (Lipinski definition) is 3. The van der Waals surface area contributed by atoms with E-state index in [0.717, 1.165) is 5.52 Å². The van der Waals surface area contributed by atoms with E-state index in [2.05, 4.69) is 27.8 Å². The molecule has 0 aliphatic rings. The number of fused-ring (bicyclic) bond motifs is 1. The highest BCUT2D eigenvalue weighted by Crippen LogP contribution is 2.16. The Kier molecular flexibility index (Phi) is 3.90. The van der Waals surface area contributed by atoms with Crippen molar-refractivity contribution in [3.8, 4) is 0 Å². The van der Waals surface area contributed by atoms with Crippen molar-refractivity contribution in [3.63, 3.8) is 0 Å². The van der Waals surface area contributed by atoms with Crippen LogP contribution in [0.5, 0.6) is 0 Å². The molecule has 0 radical (unpaired) electrons. The van der Waals surface area contributed by atoms with Crippen molar-refractivity contribution in [2.75, 3.05) is 6.54 Å². The number of hydrogen-bond acceptors (Lipinski definition) is 2. The van der Waals surface area contributed by atoms with Gasteiger partial charge in [0.2, 0.25) is 5.91 Å². The molecular weight excluding hydrogens is 238 g/mol. The van der Waals surface area contributed by atoms with E-state index >= 15 is 0 Å². The summed E-state index contributed by atoms with van der Waals surface area (Å²) in [7, 11) is 0. The summed E-state index contributed by atoms with van der Waals surface area (Å²) in [5.74, 6) is 0.0220. The van der Waals surface area contributed by atoms with Crippen LogP contribution in [0.3, 0.4) is 0 Å². The summed E-state index contributed by atoms with van der Waals surface area (Å²) >= 11 is 0. The molecule has 0 aliphatic heterocycles. The molecular formula is C15H21N3O. The Hall–Kier alpha value is -1.81. The van der Waals surface area contributed by atoms with Gasteiger partial charge in [-0.1, -0.05) is 12.1 Å². The Balaban J connectivity index is 1.89. The highest BCUT2D eigenvalue weighted by molar-refractivity contribution is 5.83. The summed E-state index contributed by atoms with van der Waals surface area (Å²) in [5, 5.41) is 7.31. The van der Waals surface area contributed by atoms with Crippen LogP contribution < -0.4 is 10.6 Å². The third-order valence-electron chi connectivity index (χ3n) is 2.80. The normalized spacial score (nSPS) is 11.7. The van der Waals surface area contributed by atoms with Crippen LogP contribution in [0.2, 0.25) is 0 Å². The topological polar surface area (TPSA) is 56.9 Å². The fraction of sp³-hybridized carbons (Fsp3) is 0.400. The van der Waals surface area contributed by atoms with Gasteiger partial charge in [0, 0.05) is 29.2 Å². The second kappa shape index (κ2) is 5.45. The second-order valence-electron chi connectivity index (χ2n) is 5.76. The zero-order valence-electron chi connectivity index (χ0n) is 11.7. The van der Waals surface area contributed by atoms with Crippen LogP contribution in [0.25, 0.3) is 10.9 Å². The van der Waals surface area contributed by atoms with Crippen LogP contribution in [-0.2, 0) is 11.3 Å². The Morgan fingerprint density at radius 3 is 2.79 bits per heavy atom. The molecule has 102 valence electrons. The number of carbonyl (C=O) groups excluding carboxylic acids is 1. The zero-order chi connectivity index (χ0) is 13.9. The first-order valence-corrected chi connectivity index (χ1v) is 6.52. The SMILES string of the molecule is CC(C)(C)NC(=O)CNCc1cccc2[nH]ccc12. The quantitative estimate of drug-likeness (QED) is 0.788. The van der Waals surface area contributed by atoms with Gasteiger partial charge in [0.15, 0.2) is 0 Å². The summed E-state index contributed by atoms with van der Waals surface area (Å²) in [6, 6.07) is 8.20. The standard InChI is InChI=1S/C15H21N3O/c1-15(2,3)18-14(19)10-16-9-11-5-4-6-13-12(11)7-8-17-13/h4-8,16-17H,9-10H2,1-3H3,(H,18,19). The molecule has 0 fully saturated rings. The van der Waals surface area contributed by atoms with E-state index in [-0.39, 0.29) is 11.4 Å². The number of nitrogens with one attached hydrogen (secondary N) is 3. The van der Waals surface area contributed by atoms with Gasteiger partial charge in [0.05, 0.1) is 6.54 Å². The summed E-state index contributed by atoms with van der Waals surface area (Å²) in [6.07, 6.45) is 1.93. The Bertz CT molecular complexity index is 566. The van der Waals surface area contributed by atoms with E-state index in [1.54, 1.807) is 0 Å². The van der Waals surface area contributed by atoms with Gasteiger partial charge in [-0.25, -0.2) is 0 Å². The average molecular weight is 259 g/mol. The minimum Gasteiger partial charge on any atom is -0.361 e. The van der Waals surface area contributed by atoms with Crippen molar-refractivity contribution < 1.29 is 4.79 Å². The summed E-state index contributed by atoms with van der Waals surface area (Å²) in [6.45, 7) is 6.95. The molecule has 4 heteroatoms. The van der Waals surface area contributed by atoms with Gasteiger partial charge < -0.3 is 15.6 Å². The molecule has 4 nitrogen and oxygen atoms in total. The van der Waals surface area contributed by atoms with Crippen LogP contribution in [-0.4, -0.2) is 23.0 Å². The van der Waals surface area contributed by atoms with E-state index in [1.807, 2.05) is 39.1 Å². The molecule has 3 N–H and O–H groups in total. The van der Waals surface area contributed by atoms with Gasteiger partial charge in [0.25, 0.3) is 0 Å². The first kappa shape index (κ1) is 13.6. The smallest absolute Gasteiger partial charge is 0.234 e. The third-order valence-corrected chi connectivity index (χ3v) is 2.80. The van der Waals surface area contributed by atoms with Crippen LogP contribution in [0.1, 0.15) is 26.3 Å². The van der Waals surface area contributed by atoms with Crippen molar-refractivity contribution in [2.24, 2.45) is 0 Å². The molecule has 0 saturated heterocycles. The highest BCUT2D eigenvalue weighted by Gasteiger charge is 2.13. The predicted molar refractivity (Wildman–Crippen MR) is 77.9 cm³/mol. The number of aromatic nitrogens is 1. The maximum atomic E-state index is 11.7. The molecule has 0 atom stereocenters. The lowest BCUT2D eigenvalue weighted by Crippen LogP contribution is -2.44. The van der Waals surface area contributed by atoms with Gasteiger partial charge in [-0.15, -0.1) is 0 Å². The lowest BCUT2D eigenvalue weighted by atomic mass is 10.1. The van der Waals surface area contributed by atoms with Crippen molar-refractivity contribution in [3.05, 3.63) is 36.0 Å². The largest absolute Gasteiger partial charge is 0.361 e. The maximum Gasteiger partial charge on any atom is 0.234 e. The molecule has 0 spiro atoms. The van der Waals surface area contributed by atoms with Gasteiger partial charge in [0.1, 0.15) is 0 Å². The number of benzene rings is 1. The molecule has 1 amide bonds. The minimum atomic E-state index is -0.181. The summed E-state index contributed by atoms with van der Waals surface area (Å²) in [5.41, 5.74) is 2.14. The second-order valence-corrected chi connectivity index (χ2v) is 5.76. The van der Waals surface area contributed by atoms with E-state index in [0.29, 0.717) is 13.1 Å². The van der Waals surface area contributed by atoms with Gasteiger partial charge in [-0.05, 0) is 38.5 Å². The fourth-order valence-corrected chi connectivity index (χ4v) is 2.08. The minimum absolute atomic E-state index is 0.0220. The zero-order valence-corrected chi connectivity index (χ0v) is 11.7. The lowest BCUT2D eigenvalue weighted by molar-refractivity contribution is -0.121. The number of carbonyl (C=O) groups is 1. The van der Waals surface area contributed by atoms with E-state index in [4.69, 9.17) is 0 Å². The van der Waals surface area contributed by atoms with Crippen LogP contribution in [0.15, 0.2) is 30.5 Å². The molecule has 0 unspecified atom stereocenters. The molecule has 1 aromatic heterocycles. The third kappa shape index (κ3) is 3.83. The van der Waals surface area contributed by atoms with E-state index < -0.39 is 0 Å². The number of H-pyrrole nitrogens is 1. The van der Waals surface area contributed by atoms with Gasteiger partial charge in [-0.3, -0.25) is 4.79 Å². The Morgan fingerprint density at radius 2 is 2.05 bits per heavy atom. The van der Waals surface area contributed by atoms with Crippen molar-refractivity contribution in [1.29, 1.82) is 0 Å². The van der Waals surface area contributed by atoms with Gasteiger partial charge >= 0.3 is 0 Å². The molecule has 0 bridgehead atoms. The number of rotatable bonds is 4. The molecule has 19 heavy (non-hydrogen) atoms. The van der Waals surface area contributed by atoms with Gasteiger partial charge in [-0.2, -0.15) is 0 Å². The number of amides is 1. The van der Waals surface area contributed by atoms with Crippen LogP contribution >= 0.6 is 0 Å².